The molecule has 1 unspecified atom stereocenters. The third-order valence-electron chi connectivity index (χ3n) is 3.47. The van der Waals surface area contributed by atoms with Crippen LogP contribution in [0.5, 0.6) is 0 Å². The number of para-hydroxylation sites is 1. The Kier molecular flexibility index (Phi) is 3.21. The standard InChI is InChI=1S/C15H15N3O3/c1-9(15(19)20)7-18(2)14-13-12(16-8-17-14)10-5-3-4-6-11(10)21-13/h3-6,8-9H,7H2,1-2H3,(H,19,20). The van der Waals surface area contributed by atoms with Crippen LogP contribution in [0.2, 0.25) is 0 Å². The van der Waals surface area contributed by atoms with Crippen molar-refractivity contribution in [2.45, 2.75) is 6.92 Å². The second kappa shape index (κ2) is 5.05. The molecule has 0 saturated heterocycles. The fraction of sp³-hybridized carbons (Fsp3) is 0.267. The monoisotopic (exact) mass is 285 g/mol. The molecule has 1 aromatic carbocycles. The Morgan fingerprint density at radius 1 is 1.38 bits per heavy atom. The van der Waals surface area contributed by atoms with E-state index in [-0.39, 0.29) is 0 Å². The Morgan fingerprint density at radius 2 is 2.14 bits per heavy atom. The zero-order chi connectivity index (χ0) is 15.0. The number of hydrogen-bond donors (Lipinski definition) is 1. The predicted octanol–water partition coefficient (Wildman–Crippen LogP) is 2.53. The van der Waals surface area contributed by atoms with E-state index in [0.717, 1.165) is 16.5 Å². The molecule has 0 aliphatic carbocycles. The molecule has 6 nitrogen and oxygen atoms in total. The van der Waals surface area contributed by atoms with E-state index in [4.69, 9.17) is 9.52 Å². The van der Waals surface area contributed by atoms with E-state index < -0.39 is 11.9 Å². The van der Waals surface area contributed by atoms with E-state index in [1.807, 2.05) is 24.3 Å². The number of benzene rings is 1. The van der Waals surface area contributed by atoms with Crippen molar-refractivity contribution in [1.82, 2.24) is 9.97 Å². The molecule has 0 fully saturated rings. The van der Waals surface area contributed by atoms with Crippen molar-refractivity contribution in [1.29, 1.82) is 0 Å². The largest absolute Gasteiger partial charge is 0.481 e. The number of aromatic nitrogens is 2. The van der Waals surface area contributed by atoms with Crippen LogP contribution in [0.3, 0.4) is 0 Å². The van der Waals surface area contributed by atoms with Crippen LogP contribution in [-0.4, -0.2) is 34.6 Å². The molecule has 1 atom stereocenters. The number of carboxylic acid groups (broad SMARTS) is 1. The number of anilines is 1. The van der Waals surface area contributed by atoms with E-state index in [1.54, 1.807) is 18.9 Å². The van der Waals surface area contributed by atoms with E-state index in [9.17, 15) is 4.79 Å². The summed E-state index contributed by atoms with van der Waals surface area (Å²) in [5, 5.41) is 9.95. The molecule has 21 heavy (non-hydrogen) atoms. The van der Waals surface area contributed by atoms with Crippen molar-refractivity contribution in [2.75, 3.05) is 18.5 Å². The SMILES string of the molecule is CC(CN(C)c1ncnc2c1oc1ccccc12)C(=O)O. The fourth-order valence-corrected chi connectivity index (χ4v) is 2.36. The summed E-state index contributed by atoms with van der Waals surface area (Å²) >= 11 is 0. The highest BCUT2D eigenvalue weighted by Gasteiger charge is 2.19. The molecular formula is C15H15N3O3. The van der Waals surface area contributed by atoms with Gasteiger partial charge in [-0.15, -0.1) is 0 Å². The number of fused-ring (bicyclic) bond motifs is 3. The average Bonchev–Trinajstić information content (AvgIpc) is 2.85. The highest BCUT2D eigenvalue weighted by molar-refractivity contribution is 6.05. The van der Waals surface area contributed by atoms with Crippen molar-refractivity contribution in [3.63, 3.8) is 0 Å². The number of aliphatic carboxylic acids is 1. The first-order chi connectivity index (χ1) is 10.1. The van der Waals surface area contributed by atoms with Crippen LogP contribution in [0, 0.1) is 5.92 Å². The predicted molar refractivity (Wildman–Crippen MR) is 79.4 cm³/mol. The quantitative estimate of drug-likeness (QED) is 0.793. The molecule has 0 aliphatic rings. The van der Waals surface area contributed by atoms with Gasteiger partial charge in [-0.2, -0.15) is 0 Å². The van der Waals surface area contributed by atoms with Gasteiger partial charge in [0.25, 0.3) is 0 Å². The smallest absolute Gasteiger partial charge is 0.308 e. The second-order valence-corrected chi connectivity index (χ2v) is 5.09. The molecule has 6 heteroatoms. The Morgan fingerprint density at radius 3 is 2.90 bits per heavy atom. The van der Waals surface area contributed by atoms with Crippen LogP contribution >= 0.6 is 0 Å². The van der Waals surface area contributed by atoms with Gasteiger partial charge in [0.05, 0.1) is 5.92 Å². The summed E-state index contributed by atoms with van der Waals surface area (Å²) in [5.41, 5.74) is 2.07. The van der Waals surface area contributed by atoms with Crippen LogP contribution in [0.4, 0.5) is 5.82 Å². The van der Waals surface area contributed by atoms with Gasteiger partial charge in [0.2, 0.25) is 0 Å². The number of furan rings is 1. The van der Waals surface area contributed by atoms with E-state index in [1.165, 1.54) is 6.33 Å². The lowest BCUT2D eigenvalue weighted by atomic mass is 10.2. The number of carbonyl (C=O) groups is 1. The molecule has 2 heterocycles. The van der Waals surface area contributed by atoms with Crippen LogP contribution in [0.15, 0.2) is 35.0 Å². The molecule has 108 valence electrons. The summed E-state index contributed by atoms with van der Waals surface area (Å²) in [6.45, 7) is 2.01. The number of nitrogens with zero attached hydrogens (tertiary/aromatic N) is 3. The van der Waals surface area contributed by atoms with Crippen molar-refractivity contribution in [3.8, 4) is 0 Å². The van der Waals surface area contributed by atoms with Crippen molar-refractivity contribution in [3.05, 3.63) is 30.6 Å². The van der Waals surface area contributed by atoms with Gasteiger partial charge in [-0.05, 0) is 12.1 Å². The fourth-order valence-electron chi connectivity index (χ4n) is 2.36. The minimum absolute atomic E-state index is 0.346. The zero-order valence-corrected chi connectivity index (χ0v) is 11.8. The van der Waals surface area contributed by atoms with Crippen LogP contribution in [0.1, 0.15) is 6.92 Å². The number of carboxylic acids is 1. The highest BCUT2D eigenvalue weighted by atomic mass is 16.4. The average molecular weight is 285 g/mol. The van der Waals surface area contributed by atoms with Gasteiger partial charge in [-0.1, -0.05) is 19.1 Å². The highest BCUT2D eigenvalue weighted by Crippen LogP contribution is 2.31. The van der Waals surface area contributed by atoms with Crippen molar-refractivity contribution in [2.24, 2.45) is 5.92 Å². The summed E-state index contributed by atoms with van der Waals surface area (Å²) in [4.78, 5) is 21.3. The summed E-state index contributed by atoms with van der Waals surface area (Å²) in [5.74, 6) is -0.731. The van der Waals surface area contributed by atoms with Crippen molar-refractivity contribution < 1.29 is 14.3 Å². The summed E-state index contributed by atoms with van der Waals surface area (Å²) in [7, 11) is 1.80. The lowest BCUT2D eigenvalue weighted by Gasteiger charge is -2.19. The first-order valence-electron chi connectivity index (χ1n) is 6.64. The third kappa shape index (κ3) is 2.29. The minimum atomic E-state index is -0.836. The Bertz CT molecular complexity index is 812. The zero-order valence-electron chi connectivity index (χ0n) is 11.8. The number of rotatable bonds is 4. The van der Waals surface area contributed by atoms with Gasteiger partial charge in [-0.25, -0.2) is 9.97 Å². The molecule has 1 N–H and O–H groups in total. The maximum absolute atomic E-state index is 11.0. The third-order valence-corrected chi connectivity index (χ3v) is 3.47. The second-order valence-electron chi connectivity index (χ2n) is 5.09. The summed E-state index contributed by atoms with van der Waals surface area (Å²) < 4.78 is 5.83. The molecule has 0 spiro atoms. The molecule has 0 radical (unpaired) electrons. The van der Waals surface area contributed by atoms with Crippen LogP contribution < -0.4 is 4.90 Å². The normalized spacial score (nSPS) is 12.7. The molecule has 0 amide bonds. The van der Waals surface area contributed by atoms with Gasteiger partial charge < -0.3 is 14.4 Å². The van der Waals surface area contributed by atoms with Gasteiger partial charge in [0.1, 0.15) is 17.4 Å². The summed E-state index contributed by atoms with van der Waals surface area (Å²) in [6.07, 6.45) is 1.47. The maximum atomic E-state index is 11.0. The Hall–Kier alpha value is -2.63. The summed E-state index contributed by atoms with van der Waals surface area (Å²) in [6, 6.07) is 7.64. The molecule has 0 bridgehead atoms. The van der Waals surface area contributed by atoms with Gasteiger partial charge in [-0.3, -0.25) is 4.79 Å². The van der Waals surface area contributed by atoms with Crippen LogP contribution in [-0.2, 0) is 4.79 Å². The van der Waals surface area contributed by atoms with Crippen LogP contribution in [0.25, 0.3) is 22.1 Å². The Balaban J connectivity index is 2.08. The lowest BCUT2D eigenvalue weighted by molar-refractivity contribution is -0.140. The van der Waals surface area contributed by atoms with E-state index in [0.29, 0.717) is 17.9 Å². The van der Waals surface area contributed by atoms with Gasteiger partial charge >= 0.3 is 5.97 Å². The van der Waals surface area contributed by atoms with Gasteiger partial charge in [0, 0.05) is 19.0 Å². The topological polar surface area (TPSA) is 79.5 Å². The first kappa shape index (κ1) is 13.4. The van der Waals surface area contributed by atoms with Gasteiger partial charge in [0.15, 0.2) is 11.4 Å². The molecule has 2 aromatic heterocycles. The molecule has 3 aromatic rings. The van der Waals surface area contributed by atoms with E-state index >= 15 is 0 Å². The maximum Gasteiger partial charge on any atom is 0.308 e. The minimum Gasteiger partial charge on any atom is -0.481 e. The lowest BCUT2D eigenvalue weighted by Crippen LogP contribution is -2.29. The molecular weight excluding hydrogens is 270 g/mol. The first-order valence-corrected chi connectivity index (χ1v) is 6.64. The van der Waals surface area contributed by atoms with E-state index in [2.05, 4.69) is 9.97 Å². The number of hydrogen-bond acceptors (Lipinski definition) is 5. The molecule has 3 rings (SSSR count). The molecule has 0 aliphatic heterocycles. The molecule has 0 saturated carbocycles. The Labute approximate surface area is 121 Å². The van der Waals surface area contributed by atoms with Crippen molar-refractivity contribution >= 4 is 33.9 Å².